The van der Waals surface area contributed by atoms with Crippen molar-refractivity contribution in [3.05, 3.63) is 29.3 Å². The van der Waals surface area contributed by atoms with E-state index in [4.69, 9.17) is 15.2 Å². The molecule has 0 amide bonds. The Labute approximate surface area is 114 Å². The predicted octanol–water partition coefficient (Wildman–Crippen LogP) is 1.41. The van der Waals surface area contributed by atoms with Gasteiger partial charge in [0.1, 0.15) is 5.75 Å². The Morgan fingerprint density at radius 1 is 1.42 bits per heavy atom. The molecule has 106 valence electrons. The third-order valence-electron chi connectivity index (χ3n) is 4.01. The first-order valence-corrected chi connectivity index (χ1v) is 6.69. The van der Waals surface area contributed by atoms with Gasteiger partial charge in [-0.05, 0) is 17.5 Å². The van der Waals surface area contributed by atoms with E-state index in [1.54, 1.807) is 7.11 Å². The molecule has 0 saturated carbocycles. The van der Waals surface area contributed by atoms with Crippen molar-refractivity contribution >= 4 is 0 Å². The largest absolute Gasteiger partial charge is 0.496 e. The number of aliphatic hydroxyl groups excluding tert-OH is 1. The van der Waals surface area contributed by atoms with Gasteiger partial charge in [0, 0.05) is 12.1 Å². The molecule has 3 N–H and O–H groups in total. The summed E-state index contributed by atoms with van der Waals surface area (Å²) >= 11 is 0. The number of hydrogen-bond acceptors (Lipinski definition) is 4. The fraction of sp³-hybridized carbons (Fsp3) is 0.600. The van der Waals surface area contributed by atoms with Crippen molar-refractivity contribution in [2.75, 3.05) is 26.9 Å². The molecule has 1 atom stereocenters. The van der Waals surface area contributed by atoms with Gasteiger partial charge in [-0.15, -0.1) is 0 Å². The molecule has 0 aliphatic carbocycles. The number of aliphatic hydroxyl groups is 1. The van der Waals surface area contributed by atoms with E-state index in [9.17, 15) is 5.11 Å². The summed E-state index contributed by atoms with van der Waals surface area (Å²) in [5, 5.41) is 10.2. The van der Waals surface area contributed by atoms with Gasteiger partial charge in [0.05, 0.1) is 31.8 Å². The lowest BCUT2D eigenvalue weighted by atomic mass is 9.73. The first kappa shape index (κ1) is 14.3. The number of methoxy groups -OCH3 is 1. The summed E-state index contributed by atoms with van der Waals surface area (Å²) in [6.45, 7) is 5.49. The van der Waals surface area contributed by atoms with Crippen LogP contribution >= 0.6 is 0 Å². The highest BCUT2D eigenvalue weighted by molar-refractivity contribution is 5.45. The van der Waals surface area contributed by atoms with Crippen LogP contribution in [0.15, 0.2) is 18.2 Å². The lowest BCUT2D eigenvalue weighted by Crippen LogP contribution is -2.57. The average molecular weight is 265 g/mol. The molecule has 0 aromatic heterocycles. The highest BCUT2D eigenvalue weighted by atomic mass is 16.5. The minimum Gasteiger partial charge on any atom is -0.496 e. The van der Waals surface area contributed by atoms with Crippen LogP contribution in [-0.2, 0) is 10.2 Å². The standard InChI is InChI=1S/C15H23NO3/c1-10(2)11-4-5-12(13(6-11)18-3)15(8-19-9-15)14(17)7-16/h4-6,10,14,17H,7-9,16H2,1-3H3. The van der Waals surface area contributed by atoms with Crippen LogP contribution in [0.1, 0.15) is 30.9 Å². The van der Waals surface area contributed by atoms with Crippen molar-refractivity contribution in [3.63, 3.8) is 0 Å². The molecule has 1 fully saturated rings. The molecule has 1 aliphatic rings. The molecule has 1 aliphatic heterocycles. The highest BCUT2D eigenvalue weighted by Gasteiger charge is 2.47. The molecule has 4 heteroatoms. The summed E-state index contributed by atoms with van der Waals surface area (Å²) < 4.78 is 10.8. The molecule has 1 heterocycles. The molecule has 2 rings (SSSR count). The van der Waals surface area contributed by atoms with Crippen molar-refractivity contribution in [1.29, 1.82) is 0 Å². The number of hydrogen-bond donors (Lipinski definition) is 2. The molecule has 0 bridgehead atoms. The summed E-state index contributed by atoms with van der Waals surface area (Å²) in [5.41, 5.74) is 7.42. The van der Waals surface area contributed by atoms with E-state index in [1.165, 1.54) is 5.56 Å². The number of ether oxygens (including phenoxy) is 2. The number of rotatable bonds is 5. The zero-order valence-electron chi connectivity index (χ0n) is 11.8. The maximum Gasteiger partial charge on any atom is 0.123 e. The van der Waals surface area contributed by atoms with Gasteiger partial charge in [-0.3, -0.25) is 0 Å². The molecule has 19 heavy (non-hydrogen) atoms. The SMILES string of the molecule is COc1cc(C(C)C)ccc1C1(C(O)CN)COC1. The van der Waals surface area contributed by atoms with Gasteiger partial charge in [0.25, 0.3) is 0 Å². The first-order valence-electron chi connectivity index (χ1n) is 6.69. The van der Waals surface area contributed by atoms with Crippen molar-refractivity contribution < 1.29 is 14.6 Å². The topological polar surface area (TPSA) is 64.7 Å². The maximum absolute atomic E-state index is 10.2. The fourth-order valence-corrected chi connectivity index (χ4v) is 2.55. The van der Waals surface area contributed by atoms with Crippen LogP contribution in [0.3, 0.4) is 0 Å². The summed E-state index contributed by atoms with van der Waals surface area (Å²) in [6, 6.07) is 6.17. The molecule has 1 saturated heterocycles. The minimum absolute atomic E-state index is 0.221. The minimum atomic E-state index is -0.611. The van der Waals surface area contributed by atoms with E-state index in [1.807, 2.05) is 12.1 Å². The molecule has 0 spiro atoms. The highest BCUT2D eigenvalue weighted by Crippen LogP contribution is 2.41. The molecule has 0 radical (unpaired) electrons. The lowest BCUT2D eigenvalue weighted by molar-refractivity contribution is -0.117. The van der Waals surface area contributed by atoms with Crippen molar-refractivity contribution in [2.24, 2.45) is 5.73 Å². The van der Waals surface area contributed by atoms with Crippen LogP contribution in [0.2, 0.25) is 0 Å². The fourth-order valence-electron chi connectivity index (χ4n) is 2.55. The number of nitrogens with two attached hydrogens (primary N) is 1. The van der Waals surface area contributed by atoms with E-state index in [2.05, 4.69) is 19.9 Å². The van der Waals surface area contributed by atoms with E-state index < -0.39 is 11.5 Å². The average Bonchev–Trinajstić information content (AvgIpc) is 2.37. The molecule has 4 nitrogen and oxygen atoms in total. The smallest absolute Gasteiger partial charge is 0.123 e. The molecule has 1 aromatic carbocycles. The summed E-state index contributed by atoms with van der Waals surface area (Å²) in [5.74, 6) is 1.25. The molecule has 1 aromatic rings. The van der Waals surface area contributed by atoms with Gasteiger partial charge in [0.15, 0.2) is 0 Å². The van der Waals surface area contributed by atoms with Crippen molar-refractivity contribution in [1.82, 2.24) is 0 Å². The summed E-state index contributed by atoms with van der Waals surface area (Å²) in [6.07, 6.45) is -0.611. The van der Waals surface area contributed by atoms with Crippen LogP contribution < -0.4 is 10.5 Å². The lowest BCUT2D eigenvalue weighted by Gasteiger charge is -2.45. The van der Waals surface area contributed by atoms with E-state index in [-0.39, 0.29) is 6.54 Å². The Bertz CT molecular complexity index is 441. The molecular weight excluding hydrogens is 242 g/mol. The van der Waals surface area contributed by atoms with E-state index in [0.717, 1.165) is 11.3 Å². The Hall–Kier alpha value is -1.10. The quantitative estimate of drug-likeness (QED) is 0.845. The summed E-state index contributed by atoms with van der Waals surface area (Å²) in [4.78, 5) is 0. The van der Waals surface area contributed by atoms with Crippen LogP contribution in [0.4, 0.5) is 0 Å². The zero-order chi connectivity index (χ0) is 14.0. The van der Waals surface area contributed by atoms with Gasteiger partial charge < -0.3 is 20.3 Å². The second-order valence-electron chi connectivity index (χ2n) is 5.51. The monoisotopic (exact) mass is 265 g/mol. The van der Waals surface area contributed by atoms with Crippen LogP contribution in [-0.4, -0.2) is 38.1 Å². The summed E-state index contributed by atoms with van der Waals surface area (Å²) in [7, 11) is 1.66. The van der Waals surface area contributed by atoms with E-state index >= 15 is 0 Å². The first-order chi connectivity index (χ1) is 9.05. The maximum atomic E-state index is 10.2. The van der Waals surface area contributed by atoms with Crippen molar-refractivity contribution in [3.8, 4) is 5.75 Å². The normalized spacial score (nSPS) is 19.1. The number of benzene rings is 1. The zero-order valence-corrected chi connectivity index (χ0v) is 11.8. The second kappa shape index (κ2) is 5.49. The van der Waals surface area contributed by atoms with Gasteiger partial charge in [-0.2, -0.15) is 0 Å². The van der Waals surface area contributed by atoms with Crippen molar-refractivity contribution in [2.45, 2.75) is 31.3 Å². The predicted molar refractivity (Wildman–Crippen MR) is 74.6 cm³/mol. The Kier molecular flexibility index (Phi) is 4.13. The third-order valence-corrected chi connectivity index (χ3v) is 4.01. The Morgan fingerprint density at radius 3 is 2.53 bits per heavy atom. The van der Waals surface area contributed by atoms with Crippen LogP contribution in [0, 0.1) is 0 Å². The Morgan fingerprint density at radius 2 is 2.11 bits per heavy atom. The second-order valence-corrected chi connectivity index (χ2v) is 5.51. The van der Waals surface area contributed by atoms with Gasteiger partial charge in [0.2, 0.25) is 0 Å². The van der Waals surface area contributed by atoms with Gasteiger partial charge in [-0.1, -0.05) is 26.0 Å². The molecular formula is C15H23NO3. The van der Waals surface area contributed by atoms with Crippen LogP contribution in [0.25, 0.3) is 0 Å². The Balaban J connectivity index is 2.43. The van der Waals surface area contributed by atoms with E-state index in [0.29, 0.717) is 19.1 Å². The van der Waals surface area contributed by atoms with Gasteiger partial charge >= 0.3 is 0 Å². The molecule has 1 unspecified atom stereocenters. The third kappa shape index (κ3) is 2.36. The van der Waals surface area contributed by atoms with Crippen LogP contribution in [0.5, 0.6) is 5.75 Å². The van der Waals surface area contributed by atoms with Gasteiger partial charge in [-0.25, -0.2) is 0 Å².